The molecule has 31 heavy (non-hydrogen) atoms. The summed E-state index contributed by atoms with van der Waals surface area (Å²) in [6.45, 7) is 2.15. The monoisotopic (exact) mass is 394 g/mol. The lowest BCUT2D eigenvalue weighted by Crippen LogP contribution is -1.90. The molecule has 0 atom stereocenters. The lowest BCUT2D eigenvalue weighted by atomic mass is 9.88. The third kappa shape index (κ3) is 2.21. The molecule has 0 N–H and O–H groups in total. The van der Waals surface area contributed by atoms with Crippen molar-refractivity contribution in [2.24, 2.45) is 0 Å². The Morgan fingerprint density at radius 3 is 2.29 bits per heavy atom. The van der Waals surface area contributed by atoms with Crippen molar-refractivity contribution in [3.05, 3.63) is 101 Å². The van der Waals surface area contributed by atoms with Crippen molar-refractivity contribution < 1.29 is 4.42 Å². The molecule has 144 valence electrons. The van der Waals surface area contributed by atoms with E-state index in [0.29, 0.717) is 0 Å². The lowest BCUT2D eigenvalue weighted by Gasteiger charge is -2.14. The average molecular weight is 394 g/mol. The summed E-state index contributed by atoms with van der Waals surface area (Å²) in [7, 11) is 0. The normalized spacial score (nSPS) is 12.5. The van der Waals surface area contributed by atoms with Crippen LogP contribution in [-0.4, -0.2) is 0 Å². The van der Waals surface area contributed by atoms with Gasteiger partial charge in [-0.15, -0.1) is 5.73 Å². The van der Waals surface area contributed by atoms with Gasteiger partial charge in [-0.3, -0.25) is 0 Å². The first-order valence-electron chi connectivity index (χ1n) is 10.6. The van der Waals surface area contributed by atoms with Crippen LogP contribution in [0.1, 0.15) is 16.7 Å². The van der Waals surface area contributed by atoms with Crippen molar-refractivity contribution in [1.29, 1.82) is 0 Å². The van der Waals surface area contributed by atoms with Gasteiger partial charge in [-0.05, 0) is 64.1 Å². The topological polar surface area (TPSA) is 13.1 Å². The van der Waals surface area contributed by atoms with E-state index in [9.17, 15) is 0 Å². The number of hydrogen-bond donors (Lipinski definition) is 0. The smallest absolute Gasteiger partial charge is 0.144 e. The summed E-state index contributed by atoms with van der Waals surface area (Å²) in [6.07, 6.45) is 4.20. The molecule has 0 saturated heterocycles. The number of hydrogen-bond acceptors (Lipinski definition) is 1. The van der Waals surface area contributed by atoms with Crippen molar-refractivity contribution >= 4 is 55.6 Å². The first kappa shape index (κ1) is 16.7. The Hall–Kier alpha value is -4.06. The standard InChI is InChI=1S/C30H18O/c1-18-8-6-9-19(16-18)25-17-26-22-11-3-2-10-20(22)21-13-7-14-23(21)28(26)30-29(25)24-12-4-5-15-27(24)31-30/h2-6,8-17H,1H3. The van der Waals surface area contributed by atoms with Crippen molar-refractivity contribution in [3.63, 3.8) is 0 Å². The fraction of sp³-hybridized carbons (Fsp3) is 0.0333. The van der Waals surface area contributed by atoms with Crippen LogP contribution in [0, 0.1) is 6.92 Å². The number of rotatable bonds is 1. The molecule has 1 aliphatic carbocycles. The third-order valence-corrected chi connectivity index (χ3v) is 6.50. The molecule has 0 amide bonds. The molecule has 0 aliphatic heterocycles. The van der Waals surface area contributed by atoms with E-state index in [2.05, 4.69) is 97.6 Å². The highest BCUT2D eigenvalue weighted by Crippen LogP contribution is 2.46. The van der Waals surface area contributed by atoms with Crippen LogP contribution in [-0.2, 0) is 0 Å². The number of fused-ring (bicyclic) bond motifs is 10. The maximum atomic E-state index is 6.57. The van der Waals surface area contributed by atoms with Gasteiger partial charge < -0.3 is 4.42 Å². The quantitative estimate of drug-likeness (QED) is 0.201. The summed E-state index contributed by atoms with van der Waals surface area (Å²) in [6, 6.07) is 28.1. The summed E-state index contributed by atoms with van der Waals surface area (Å²) in [4.78, 5) is 0. The maximum absolute atomic E-state index is 6.57. The third-order valence-electron chi connectivity index (χ3n) is 6.50. The minimum atomic E-state index is 0.927. The van der Waals surface area contributed by atoms with Gasteiger partial charge in [0.05, 0.1) is 0 Å². The molecule has 1 aromatic heterocycles. The van der Waals surface area contributed by atoms with Crippen LogP contribution in [0.25, 0.3) is 66.8 Å². The molecular weight excluding hydrogens is 376 g/mol. The molecule has 5 aromatic carbocycles. The number of aryl methyl sites for hydroxylation is 1. The fourth-order valence-electron chi connectivity index (χ4n) is 5.17. The second-order valence-corrected chi connectivity index (χ2v) is 8.35. The van der Waals surface area contributed by atoms with E-state index < -0.39 is 0 Å². The second kappa shape index (κ2) is 5.98. The molecule has 1 heterocycles. The Balaban J connectivity index is 1.80. The van der Waals surface area contributed by atoms with Gasteiger partial charge in [0, 0.05) is 21.7 Å². The van der Waals surface area contributed by atoms with Crippen molar-refractivity contribution in [1.82, 2.24) is 0 Å². The van der Waals surface area contributed by atoms with Gasteiger partial charge in [0.15, 0.2) is 0 Å². The zero-order chi connectivity index (χ0) is 20.5. The molecule has 0 bridgehead atoms. The highest BCUT2D eigenvalue weighted by Gasteiger charge is 2.22. The Bertz CT molecular complexity index is 1770. The Kier molecular flexibility index (Phi) is 3.22. The van der Waals surface area contributed by atoms with E-state index in [1.165, 1.54) is 54.7 Å². The van der Waals surface area contributed by atoms with Crippen molar-refractivity contribution in [2.75, 3.05) is 0 Å². The van der Waals surface area contributed by atoms with Crippen LogP contribution in [0.2, 0.25) is 0 Å². The first-order chi connectivity index (χ1) is 15.3. The minimum absolute atomic E-state index is 0.927. The van der Waals surface area contributed by atoms with E-state index in [0.717, 1.165) is 16.6 Å². The van der Waals surface area contributed by atoms with E-state index >= 15 is 0 Å². The predicted octanol–water partition coefficient (Wildman–Crippen LogP) is 8.51. The van der Waals surface area contributed by atoms with Gasteiger partial charge in [0.25, 0.3) is 0 Å². The van der Waals surface area contributed by atoms with Gasteiger partial charge in [-0.2, -0.15) is 0 Å². The van der Waals surface area contributed by atoms with Crippen LogP contribution < -0.4 is 0 Å². The van der Waals surface area contributed by atoms with E-state index in [4.69, 9.17) is 4.42 Å². The van der Waals surface area contributed by atoms with Crippen LogP contribution in [0.3, 0.4) is 0 Å². The van der Waals surface area contributed by atoms with Crippen LogP contribution >= 0.6 is 0 Å². The molecule has 0 spiro atoms. The van der Waals surface area contributed by atoms with Gasteiger partial charge in [-0.25, -0.2) is 0 Å². The number of furan rings is 1. The summed E-state index contributed by atoms with van der Waals surface area (Å²) in [5, 5.41) is 7.26. The van der Waals surface area contributed by atoms with E-state index in [1.54, 1.807) is 0 Å². The predicted molar refractivity (Wildman–Crippen MR) is 131 cm³/mol. The molecule has 1 nitrogen and oxygen atoms in total. The number of benzene rings is 5. The second-order valence-electron chi connectivity index (χ2n) is 8.35. The van der Waals surface area contributed by atoms with Crippen LogP contribution in [0.15, 0.2) is 89.0 Å². The molecule has 7 rings (SSSR count). The van der Waals surface area contributed by atoms with Gasteiger partial charge in [0.2, 0.25) is 0 Å². The zero-order valence-corrected chi connectivity index (χ0v) is 17.1. The molecule has 0 unspecified atom stereocenters. The number of para-hydroxylation sites is 1. The van der Waals surface area contributed by atoms with Crippen LogP contribution in [0.4, 0.5) is 0 Å². The summed E-state index contributed by atoms with van der Waals surface area (Å²) in [5.41, 5.74) is 11.3. The first-order valence-corrected chi connectivity index (χ1v) is 10.6. The molecular formula is C30H18O. The van der Waals surface area contributed by atoms with E-state index in [-0.39, 0.29) is 0 Å². The Morgan fingerprint density at radius 2 is 1.42 bits per heavy atom. The van der Waals surface area contributed by atoms with E-state index in [1.807, 2.05) is 6.07 Å². The van der Waals surface area contributed by atoms with Crippen LogP contribution in [0.5, 0.6) is 0 Å². The minimum Gasteiger partial charge on any atom is -0.455 e. The molecule has 1 heteroatoms. The highest BCUT2D eigenvalue weighted by molar-refractivity contribution is 6.28. The summed E-state index contributed by atoms with van der Waals surface area (Å²) in [5.74, 6) is 0. The van der Waals surface area contributed by atoms with Gasteiger partial charge in [-0.1, -0.05) is 72.3 Å². The molecule has 0 radical (unpaired) electrons. The van der Waals surface area contributed by atoms with Crippen molar-refractivity contribution in [3.8, 4) is 11.1 Å². The lowest BCUT2D eigenvalue weighted by molar-refractivity contribution is 0.672. The zero-order valence-electron chi connectivity index (χ0n) is 17.1. The summed E-state index contributed by atoms with van der Waals surface area (Å²) < 4.78 is 6.57. The average Bonchev–Trinajstić information content (AvgIpc) is 3.44. The Morgan fingerprint density at radius 1 is 0.645 bits per heavy atom. The highest BCUT2D eigenvalue weighted by atomic mass is 16.3. The Labute approximate surface area is 179 Å². The molecule has 6 aromatic rings. The van der Waals surface area contributed by atoms with Crippen molar-refractivity contribution in [2.45, 2.75) is 6.92 Å². The summed E-state index contributed by atoms with van der Waals surface area (Å²) >= 11 is 0. The maximum Gasteiger partial charge on any atom is 0.144 e. The molecule has 1 aliphatic rings. The molecule has 0 saturated carbocycles. The largest absolute Gasteiger partial charge is 0.455 e. The SMILES string of the molecule is Cc1cccc(-c2cc3c4ccccc4c4c(c3c3oc5ccccc5c23)C=C=C4)c1. The fourth-order valence-corrected chi connectivity index (χ4v) is 5.17. The van der Waals surface area contributed by atoms with Gasteiger partial charge in [0.1, 0.15) is 11.2 Å². The molecule has 0 fully saturated rings. The van der Waals surface area contributed by atoms with Gasteiger partial charge >= 0.3 is 0 Å².